The van der Waals surface area contributed by atoms with Crippen molar-refractivity contribution in [3.8, 4) is 0 Å². The van der Waals surface area contributed by atoms with E-state index in [-0.39, 0.29) is 0 Å². The molecular formula is C36H36S22. The van der Waals surface area contributed by atoms with Gasteiger partial charge in [-0.3, -0.25) is 0 Å². The fourth-order valence-corrected chi connectivity index (χ4v) is 40.4. The summed E-state index contributed by atoms with van der Waals surface area (Å²) in [7, 11) is 0. The van der Waals surface area contributed by atoms with E-state index < -0.39 is 0 Å². The average Bonchev–Trinajstić information content (AvgIpc) is 4.06. The third-order valence-corrected chi connectivity index (χ3v) is 41.3. The molecule has 0 saturated heterocycles. The van der Waals surface area contributed by atoms with Gasteiger partial charge < -0.3 is 0 Å². The van der Waals surface area contributed by atoms with Crippen LogP contribution in [0.25, 0.3) is 0 Å². The van der Waals surface area contributed by atoms with Gasteiger partial charge >= 0.3 is 0 Å². The molecule has 0 bridgehead atoms. The molecule has 0 radical (unpaired) electrons. The van der Waals surface area contributed by atoms with Gasteiger partial charge in [-0.1, -0.05) is 241 Å². The standard InChI is InChI=1S/C36H36S22/c1-5-7-9-11-13-37-19-20(38-14-12-10-8-6-2)46-27(45-19)30-53-35-36(54-30)58-32(57-35)29-49-23-24(50-29)42-16-40-22-21(39-15-41-23)47-28(48-22)31-55-33-34(56-31)52-26(51-33)25-43-17(3)18(4)44-25/h5-16H2,1-4H3. The normalized spacial score (nSPS) is 24.2. The fourth-order valence-electron chi connectivity index (χ4n) is 5.29. The van der Waals surface area contributed by atoms with Crippen molar-refractivity contribution in [1.29, 1.82) is 0 Å². The molecule has 0 aromatic rings. The van der Waals surface area contributed by atoms with Crippen molar-refractivity contribution in [2.45, 2.75) is 79.1 Å². The molecule has 9 heterocycles. The van der Waals surface area contributed by atoms with Crippen molar-refractivity contribution in [2.24, 2.45) is 0 Å². The average molecular weight is 1170 g/mol. The summed E-state index contributed by atoms with van der Waals surface area (Å²) in [6.07, 6.45) is 10.8. The first kappa shape index (κ1) is 48.1. The summed E-state index contributed by atoms with van der Waals surface area (Å²) >= 11 is 45.0. The highest BCUT2D eigenvalue weighted by atomic mass is 32.3. The van der Waals surface area contributed by atoms with E-state index in [0.717, 1.165) is 10.2 Å². The van der Waals surface area contributed by atoms with Crippen LogP contribution in [-0.4, -0.2) is 21.7 Å². The highest BCUT2D eigenvalue weighted by Gasteiger charge is 2.39. The molecule has 0 atom stereocenters. The molecule has 0 nitrogen and oxygen atoms in total. The molecule has 58 heavy (non-hydrogen) atoms. The summed E-state index contributed by atoms with van der Waals surface area (Å²) < 4.78 is 27.2. The number of thioether (sulfide) groups is 22. The van der Waals surface area contributed by atoms with Gasteiger partial charge in [-0.25, -0.2) is 0 Å². The maximum atomic E-state index is 2.31. The summed E-state index contributed by atoms with van der Waals surface area (Å²) in [4.78, 5) is 2.92. The van der Waals surface area contributed by atoms with E-state index in [1.54, 1.807) is 8.47 Å². The first-order chi connectivity index (χ1) is 28.4. The zero-order valence-electron chi connectivity index (χ0n) is 31.5. The van der Waals surface area contributed by atoms with E-state index in [1.807, 2.05) is 165 Å². The van der Waals surface area contributed by atoms with Gasteiger partial charge in [0.2, 0.25) is 0 Å². The number of hydrogen-bond acceptors (Lipinski definition) is 22. The van der Waals surface area contributed by atoms with Gasteiger partial charge in [0, 0.05) is 10.2 Å². The Hall–Kier alpha value is 5.10. The highest BCUT2D eigenvalue weighted by molar-refractivity contribution is 8.53. The Bertz CT molecular complexity index is 1910. The predicted octanol–water partition coefficient (Wildman–Crippen LogP) is 22.7. The lowest BCUT2D eigenvalue weighted by Gasteiger charge is -2.09. The van der Waals surface area contributed by atoms with Gasteiger partial charge in [0.1, 0.15) is 0 Å². The van der Waals surface area contributed by atoms with Crippen LogP contribution < -0.4 is 0 Å². The van der Waals surface area contributed by atoms with Crippen LogP contribution >= 0.6 is 259 Å². The predicted molar refractivity (Wildman–Crippen MR) is 316 cm³/mol. The summed E-state index contributed by atoms with van der Waals surface area (Å²) in [5, 5.41) is 2.15. The molecule has 0 spiro atoms. The summed E-state index contributed by atoms with van der Waals surface area (Å²) in [6, 6.07) is 0. The number of rotatable bonds is 12. The Morgan fingerprint density at radius 3 is 0.862 bits per heavy atom. The molecule has 22 heteroatoms. The topological polar surface area (TPSA) is 0 Å². The molecule has 0 aromatic heterocycles. The molecule has 0 aromatic carbocycles. The van der Waals surface area contributed by atoms with E-state index in [1.165, 1.54) is 140 Å². The maximum Gasteiger partial charge on any atom is 0.0718 e. The fraction of sp³-hybridized carbons (Fsp3) is 0.444. The zero-order valence-corrected chi connectivity index (χ0v) is 49.4. The molecule has 0 fully saturated rings. The molecule has 0 amide bonds. The maximum absolute atomic E-state index is 2.31. The van der Waals surface area contributed by atoms with Crippen LogP contribution in [-0.2, 0) is 0 Å². The van der Waals surface area contributed by atoms with Gasteiger partial charge in [-0.2, -0.15) is 0 Å². The number of allylic oxidation sites excluding steroid dienone is 2. The molecule has 0 N–H and O–H groups in total. The van der Waals surface area contributed by atoms with Crippen molar-refractivity contribution in [1.82, 2.24) is 0 Å². The van der Waals surface area contributed by atoms with Crippen LogP contribution in [0.2, 0.25) is 0 Å². The van der Waals surface area contributed by atoms with Crippen molar-refractivity contribution in [3.63, 3.8) is 0 Å². The SMILES string of the molecule is CCCCCCSC1=C(SCCCCCC)SC(=C2SC3=C(S2)SC(=C2SC4=C(SCSC5=C(SCS4)SC(=C4SC6=C(SC(=C7SC(C)=C(C)S7)S6)S4)S5)S2)S3)S1. The Labute approximate surface area is 438 Å². The zero-order chi connectivity index (χ0) is 39.6. The summed E-state index contributed by atoms with van der Waals surface area (Å²) in [5.41, 5.74) is 0. The lowest BCUT2D eigenvalue weighted by atomic mass is 10.2. The third kappa shape index (κ3) is 12.1. The summed E-state index contributed by atoms with van der Waals surface area (Å²) in [5.74, 6) is 2.51. The van der Waals surface area contributed by atoms with Gasteiger partial charge in [0.05, 0.1) is 76.3 Å². The van der Waals surface area contributed by atoms with E-state index in [2.05, 4.69) is 122 Å². The van der Waals surface area contributed by atoms with Gasteiger partial charge in [0.15, 0.2) is 0 Å². The summed E-state index contributed by atoms with van der Waals surface area (Å²) in [6.45, 7) is 9.13. The Balaban J connectivity index is 0.756. The van der Waals surface area contributed by atoms with Gasteiger partial charge in [-0.15, -0.1) is 70.6 Å². The molecule has 9 rings (SSSR count). The lowest BCUT2D eigenvalue weighted by molar-refractivity contribution is 0.707. The molecule has 0 unspecified atom stereocenters. The van der Waals surface area contributed by atoms with E-state index in [0.29, 0.717) is 0 Å². The second kappa shape index (κ2) is 23.6. The van der Waals surface area contributed by atoms with Crippen LogP contribution in [0.4, 0.5) is 0 Å². The molecule has 0 saturated carbocycles. The Morgan fingerprint density at radius 1 is 0.310 bits per heavy atom. The van der Waals surface area contributed by atoms with Crippen LogP contribution in [0, 0.1) is 0 Å². The smallest absolute Gasteiger partial charge is 0.0718 e. The quantitative estimate of drug-likeness (QED) is 0.170. The minimum absolute atomic E-state index is 1.07. The van der Waals surface area contributed by atoms with Crippen LogP contribution in [0.5, 0.6) is 0 Å². The molecular weight excluding hydrogens is 1140 g/mol. The minimum atomic E-state index is 1.07. The van der Waals surface area contributed by atoms with E-state index in [9.17, 15) is 0 Å². The second-order valence-corrected chi connectivity index (χ2v) is 40.8. The number of hydrogen-bond donors (Lipinski definition) is 0. The second-order valence-electron chi connectivity index (χ2n) is 12.6. The molecule has 0 aliphatic carbocycles. The van der Waals surface area contributed by atoms with Crippen LogP contribution in [0.1, 0.15) is 79.1 Å². The van der Waals surface area contributed by atoms with Crippen LogP contribution in [0.15, 0.2) is 86.1 Å². The molecule has 9 aliphatic rings. The van der Waals surface area contributed by atoms with Gasteiger partial charge in [0.25, 0.3) is 0 Å². The van der Waals surface area contributed by atoms with Crippen molar-refractivity contribution in [2.75, 3.05) is 21.7 Å². The van der Waals surface area contributed by atoms with E-state index >= 15 is 0 Å². The Morgan fingerprint density at radius 2 is 0.569 bits per heavy atom. The van der Waals surface area contributed by atoms with E-state index in [4.69, 9.17) is 0 Å². The lowest BCUT2D eigenvalue weighted by Crippen LogP contribution is -1.83. The molecule has 9 aliphatic heterocycles. The largest absolute Gasteiger partial charge is 0.117 e. The molecule has 312 valence electrons. The Kier molecular flexibility index (Phi) is 19.6. The van der Waals surface area contributed by atoms with Crippen molar-refractivity contribution < 1.29 is 0 Å². The van der Waals surface area contributed by atoms with Crippen LogP contribution in [0.3, 0.4) is 0 Å². The van der Waals surface area contributed by atoms with Crippen molar-refractivity contribution >= 4 is 259 Å². The minimum Gasteiger partial charge on any atom is -0.117 e. The van der Waals surface area contributed by atoms with Gasteiger partial charge in [-0.05, 0) is 48.0 Å². The first-order valence-corrected chi connectivity index (χ1v) is 37.4. The first-order valence-electron chi connectivity index (χ1n) is 18.4. The third-order valence-electron chi connectivity index (χ3n) is 8.31. The number of unbranched alkanes of at least 4 members (excludes halogenated alkanes) is 6. The highest BCUT2D eigenvalue weighted by Crippen LogP contribution is 2.75. The van der Waals surface area contributed by atoms with Crippen molar-refractivity contribution in [3.05, 3.63) is 86.1 Å². The monoisotopic (exact) mass is 1170 g/mol.